The maximum atomic E-state index is 4.49. The summed E-state index contributed by atoms with van der Waals surface area (Å²) in [6.07, 6.45) is 2.86. The molecule has 2 aromatic rings. The van der Waals surface area contributed by atoms with E-state index < -0.39 is 0 Å². The van der Waals surface area contributed by atoms with E-state index >= 15 is 0 Å². The van der Waals surface area contributed by atoms with E-state index in [9.17, 15) is 0 Å². The highest BCUT2D eigenvalue weighted by atomic mass is 15.3. The minimum atomic E-state index is 0.720. The molecule has 80 valence electrons. The molecular weight excluding hydrogens is 190 g/mol. The van der Waals surface area contributed by atoms with Crippen molar-refractivity contribution in [1.82, 2.24) is 19.7 Å². The molecule has 2 rings (SSSR count). The smallest absolute Gasteiger partial charge is 0.227 e. The lowest BCUT2D eigenvalue weighted by molar-refractivity contribution is 0.775. The number of nitrogens with zero attached hydrogens (tertiary/aromatic N) is 5. The molecule has 0 aliphatic rings. The predicted octanol–water partition coefficient (Wildman–Crippen LogP) is 0.992. The number of rotatable bonds is 2. The van der Waals surface area contributed by atoms with Crippen LogP contribution in [0.4, 0.5) is 5.95 Å². The van der Waals surface area contributed by atoms with Crippen molar-refractivity contribution in [2.45, 2.75) is 13.3 Å². The van der Waals surface area contributed by atoms with Gasteiger partial charge in [0, 0.05) is 27.3 Å². The highest BCUT2D eigenvalue weighted by Crippen LogP contribution is 2.17. The van der Waals surface area contributed by atoms with Crippen molar-refractivity contribution in [3.8, 4) is 0 Å². The molecule has 2 aromatic heterocycles. The molecule has 5 nitrogen and oxygen atoms in total. The minimum Gasteiger partial charge on any atom is -0.347 e. The minimum absolute atomic E-state index is 0.720. The van der Waals surface area contributed by atoms with Crippen molar-refractivity contribution in [2.75, 3.05) is 19.0 Å². The van der Waals surface area contributed by atoms with E-state index in [1.54, 1.807) is 4.68 Å². The summed E-state index contributed by atoms with van der Waals surface area (Å²) in [5.41, 5.74) is 1.82. The van der Waals surface area contributed by atoms with E-state index in [0.29, 0.717) is 0 Å². The summed E-state index contributed by atoms with van der Waals surface area (Å²) in [4.78, 5) is 10.8. The summed E-state index contributed by atoms with van der Waals surface area (Å²) in [6.45, 7) is 2.09. The number of aryl methyl sites for hydroxylation is 2. The van der Waals surface area contributed by atoms with E-state index in [0.717, 1.165) is 29.1 Å². The molecule has 0 N–H and O–H groups in total. The van der Waals surface area contributed by atoms with Crippen LogP contribution in [-0.4, -0.2) is 33.8 Å². The van der Waals surface area contributed by atoms with Crippen molar-refractivity contribution in [3.05, 3.63) is 11.9 Å². The lowest BCUT2D eigenvalue weighted by Gasteiger charge is -2.10. The summed E-state index contributed by atoms with van der Waals surface area (Å²) in [5, 5.41) is 5.35. The van der Waals surface area contributed by atoms with Crippen LogP contribution in [0.25, 0.3) is 11.0 Å². The van der Waals surface area contributed by atoms with Crippen molar-refractivity contribution < 1.29 is 0 Å². The fourth-order valence-electron chi connectivity index (χ4n) is 1.53. The summed E-state index contributed by atoms with van der Waals surface area (Å²) in [5.74, 6) is 0.720. The SMILES string of the molecule is CCc1nc(N(C)C)nc2nn(C)cc12. The van der Waals surface area contributed by atoms with Gasteiger partial charge in [0.05, 0.1) is 11.1 Å². The number of anilines is 1. The lowest BCUT2D eigenvalue weighted by Crippen LogP contribution is -2.13. The second kappa shape index (κ2) is 3.49. The van der Waals surface area contributed by atoms with Crippen LogP contribution in [0.1, 0.15) is 12.6 Å². The van der Waals surface area contributed by atoms with Gasteiger partial charge in [0.1, 0.15) is 0 Å². The Morgan fingerprint density at radius 3 is 2.67 bits per heavy atom. The van der Waals surface area contributed by atoms with Crippen molar-refractivity contribution in [2.24, 2.45) is 7.05 Å². The number of hydrogen-bond donors (Lipinski definition) is 0. The monoisotopic (exact) mass is 205 g/mol. The van der Waals surface area contributed by atoms with E-state index in [1.165, 1.54) is 0 Å². The summed E-state index contributed by atoms with van der Waals surface area (Å²) in [7, 11) is 5.77. The standard InChI is InChI=1S/C10H15N5/c1-5-8-7-6-15(4)13-9(7)12-10(11-8)14(2)3/h6H,5H2,1-4H3. The van der Waals surface area contributed by atoms with Crippen LogP contribution in [0.2, 0.25) is 0 Å². The first-order valence-electron chi connectivity index (χ1n) is 4.99. The number of fused-ring (bicyclic) bond motifs is 1. The zero-order valence-electron chi connectivity index (χ0n) is 9.52. The molecule has 0 aliphatic carbocycles. The molecule has 0 radical (unpaired) electrons. The van der Waals surface area contributed by atoms with Gasteiger partial charge >= 0.3 is 0 Å². The van der Waals surface area contributed by atoms with Crippen LogP contribution < -0.4 is 4.90 Å². The quantitative estimate of drug-likeness (QED) is 0.733. The maximum absolute atomic E-state index is 4.49. The first kappa shape index (κ1) is 9.89. The first-order valence-corrected chi connectivity index (χ1v) is 4.99. The summed E-state index contributed by atoms with van der Waals surface area (Å²) in [6, 6.07) is 0. The Kier molecular flexibility index (Phi) is 2.30. The molecule has 0 bridgehead atoms. The van der Waals surface area contributed by atoms with Gasteiger partial charge in [0.25, 0.3) is 0 Å². The Bertz CT molecular complexity index is 486. The Hall–Kier alpha value is -1.65. The van der Waals surface area contributed by atoms with Gasteiger partial charge in [-0.05, 0) is 6.42 Å². The van der Waals surface area contributed by atoms with Gasteiger partial charge in [-0.15, -0.1) is 0 Å². The van der Waals surface area contributed by atoms with Crippen molar-refractivity contribution in [3.63, 3.8) is 0 Å². The van der Waals surface area contributed by atoms with Gasteiger partial charge in [0.15, 0.2) is 5.65 Å². The molecule has 0 fully saturated rings. The second-order valence-electron chi connectivity index (χ2n) is 3.76. The molecule has 0 unspecified atom stereocenters. The first-order chi connectivity index (χ1) is 7.11. The van der Waals surface area contributed by atoms with E-state index in [-0.39, 0.29) is 0 Å². The zero-order valence-corrected chi connectivity index (χ0v) is 9.52. The molecule has 0 spiro atoms. The second-order valence-corrected chi connectivity index (χ2v) is 3.76. The maximum Gasteiger partial charge on any atom is 0.227 e. The Morgan fingerprint density at radius 1 is 1.33 bits per heavy atom. The topological polar surface area (TPSA) is 46.8 Å². The Morgan fingerprint density at radius 2 is 2.07 bits per heavy atom. The molecule has 5 heteroatoms. The third-order valence-electron chi connectivity index (χ3n) is 2.30. The van der Waals surface area contributed by atoms with Crippen LogP contribution in [0.5, 0.6) is 0 Å². The molecule has 0 amide bonds. The Labute approximate surface area is 88.7 Å². The van der Waals surface area contributed by atoms with Crippen LogP contribution in [0.15, 0.2) is 6.20 Å². The summed E-state index contributed by atoms with van der Waals surface area (Å²) >= 11 is 0. The highest BCUT2D eigenvalue weighted by Gasteiger charge is 2.10. The molecule has 15 heavy (non-hydrogen) atoms. The van der Waals surface area contributed by atoms with Gasteiger partial charge in [-0.3, -0.25) is 4.68 Å². The average Bonchev–Trinajstić information content (AvgIpc) is 2.56. The van der Waals surface area contributed by atoms with E-state index in [4.69, 9.17) is 0 Å². The average molecular weight is 205 g/mol. The molecule has 0 aliphatic heterocycles. The third kappa shape index (κ3) is 1.65. The summed E-state index contributed by atoms with van der Waals surface area (Å²) < 4.78 is 1.78. The van der Waals surface area contributed by atoms with Gasteiger partial charge < -0.3 is 4.90 Å². The zero-order chi connectivity index (χ0) is 11.0. The number of aromatic nitrogens is 4. The molecule has 0 saturated carbocycles. The van der Waals surface area contributed by atoms with Crippen LogP contribution >= 0.6 is 0 Å². The van der Waals surface area contributed by atoms with Crippen LogP contribution in [-0.2, 0) is 13.5 Å². The number of hydrogen-bond acceptors (Lipinski definition) is 4. The van der Waals surface area contributed by atoms with Crippen molar-refractivity contribution in [1.29, 1.82) is 0 Å². The fraction of sp³-hybridized carbons (Fsp3) is 0.500. The normalized spacial score (nSPS) is 10.9. The van der Waals surface area contributed by atoms with Gasteiger partial charge in [-0.1, -0.05) is 6.92 Å². The van der Waals surface area contributed by atoms with Gasteiger partial charge in [-0.2, -0.15) is 10.1 Å². The van der Waals surface area contributed by atoms with Crippen LogP contribution in [0.3, 0.4) is 0 Å². The molecule has 0 aromatic carbocycles. The van der Waals surface area contributed by atoms with E-state index in [1.807, 2.05) is 32.2 Å². The van der Waals surface area contributed by atoms with Crippen molar-refractivity contribution >= 4 is 17.0 Å². The molecule has 2 heterocycles. The predicted molar refractivity (Wildman–Crippen MR) is 60.0 cm³/mol. The third-order valence-corrected chi connectivity index (χ3v) is 2.30. The fourth-order valence-corrected chi connectivity index (χ4v) is 1.53. The van der Waals surface area contributed by atoms with Gasteiger partial charge in [-0.25, -0.2) is 4.98 Å². The highest BCUT2D eigenvalue weighted by molar-refractivity contribution is 5.78. The van der Waals surface area contributed by atoms with E-state index in [2.05, 4.69) is 22.0 Å². The Balaban J connectivity index is 2.70. The molecule has 0 saturated heterocycles. The van der Waals surface area contributed by atoms with Crippen LogP contribution in [0, 0.1) is 0 Å². The largest absolute Gasteiger partial charge is 0.347 e. The molecule has 0 atom stereocenters. The van der Waals surface area contributed by atoms with Gasteiger partial charge in [0.2, 0.25) is 5.95 Å². The molecular formula is C10H15N5. The lowest BCUT2D eigenvalue weighted by atomic mass is 10.2.